The minimum absolute atomic E-state index is 0.165. The Kier molecular flexibility index (Phi) is 6.96. The number of carbonyl (C=O) groups is 1. The number of piperazine rings is 1. The first-order valence-corrected chi connectivity index (χ1v) is 10.9. The van der Waals surface area contributed by atoms with E-state index < -0.39 is 16.0 Å². The van der Waals surface area contributed by atoms with Gasteiger partial charge in [0.1, 0.15) is 11.5 Å². The highest BCUT2D eigenvalue weighted by Gasteiger charge is 2.29. The Morgan fingerprint density at radius 1 is 0.933 bits per heavy atom. The second-order valence-electron chi connectivity index (χ2n) is 6.87. The molecule has 0 radical (unpaired) electrons. The second-order valence-corrected chi connectivity index (χ2v) is 8.81. The van der Waals surface area contributed by atoms with Gasteiger partial charge >= 0.3 is 5.97 Å². The molecule has 1 fully saturated rings. The van der Waals surface area contributed by atoms with Crippen molar-refractivity contribution in [3.63, 3.8) is 0 Å². The van der Waals surface area contributed by atoms with E-state index in [1.54, 1.807) is 14.2 Å². The minimum atomic E-state index is -3.62. The first-order chi connectivity index (χ1) is 14.4. The Morgan fingerprint density at radius 3 is 2.17 bits per heavy atom. The quantitative estimate of drug-likeness (QED) is 0.616. The van der Waals surface area contributed by atoms with Gasteiger partial charge in [-0.2, -0.15) is 4.31 Å². The summed E-state index contributed by atoms with van der Waals surface area (Å²) in [6.07, 6.45) is 0. The average molecular weight is 435 g/mol. The molecular formula is C21H26N2O6S. The van der Waals surface area contributed by atoms with Gasteiger partial charge in [0.15, 0.2) is 0 Å². The van der Waals surface area contributed by atoms with Crippen molar-refractivity contribution in [3.05, 3.63) is 53.6 Å². The first-order valence-electron chi connectivity index (χ1n) is 9.51. The van der Waals surface area contributed by atoms with Crippen LogP contribution in [0.25, 0.3) is 0 Å². The van der Waals surface area contributed by atoms with Crippen LogP contribution in [0.3, 0.4) is 0 Å². The smallest absolute Gasteiger partial charge is 0.337 e. The van der Waals surface area contributed by atoms with Gasteiger partial charge in [-0.05, 0) is 42.5 Å². The third-order valence-corrected chi connectivity index (χ3v) is 7.04. The summed E-state index contributed by atoms with van der Waals surface area (Å²) in [6.45, 7) is 2.60. The fourth-order valence-electron chi connectivity index (χ4n) is 3.40. The molecule has 0 unspecified atom stereocenters. The lowest BCUT2D eigenvalue weighted by Gasteiger charge is -2.34. The molecule has 0 amide bonds. The van der Waals surface area contributed by atoms with Gasteiger partial charge in [0.25, 0.3) is 0 Å². The number of hydrogen-bond donors (Lipinski definition) is 0. The monoisotopic (exact) mass is 434 g/mol. The van der Waals surface area contributed by atoms with Crippen LogP contribution in [0.15, 0.2) is 47.4 Å². The molecule has 162 valence electrons. The molecule has 0 N–H and O–H groups in total. The normalized spacial score (nSPS) is 15.6. The van der Waals surface area contributed by atoms with Gasteiger partial charge in [-0.3, -0.25) is 4.90 Å². The van der Waals surface area contributed by atoms with E-state index in [0.29, 0.717) is 38.3 Å². The number of sulfonamides is 1. The van der Waals surface area contributed by atoms with Crippen molar-refractivity contribution in [3.8, 4) is 11.5 Å². The number of esters is 1. The highest BCUT2D eigenvalue weighted by atomic mass is 32.2. The summed E-state index contributed by atoms with van der Waals surface area (Å²) in [6, 6.07) is 11.5. The zero-order valence-corrected chi connectivity index (χ0v) is 18.1. The van der Waals surface area contributed by atoms with E-state index in [0.717, 1.165) is 17.1 Å². The van der Waals surface area contributed by atoms with E-state index in [1.165, 1.54) is 35.7 Å². The predicted octanol–water partition coefficient (Wildman–Crippen LogP) is 2.00. The number of rotatable bonds is 7. The van der Waals surface area contributed by atoms with Gasteiger partial charge in [0.2, 0.25) is 10.0 Å². The zero-order valence-electron chi connectivity index (χ0n) is 17.3. The van der Waals surface area contributed by atoms with E-state index in [2.05, 4.69) is 9.64 Å². The Hall–Kier alpha value is -2.62. The maximum atomic E-state index is 12.9. The lowest BCUT2D eigenvalue weighted by molar-refractivity contribution is 0.0600. The van der Waals surface area contributed by atoms with E-state index in [1.807, 2.05) is 18.2 Å². The summed E-state index contributed by atoms with van der Waals surface area (Å²) in [4.78, 5) is 13.9. The average Bonchev–Trinajstić information content (AvgIpc) is 2.79. The summed E-state index contributed by atoms with van der Waals surface area (Å²) in [5, 5.41) is 0. The molecule has 2 aromatic carbocycles. The number of nitrogens with zero attached hydrogens (tertiary/aromatic N) is 2. The van der Waals surface area contributed by atoms with Crippen LogP contribution >= 0.6 is 0 Å². The van der Waals surface area contributed by atoms with Gasteiger partial charge in [0.05, 0.1) is 31.8 Å². The molecule has 0 aliphatic carbocycles. The van der Waals surface area contributed by atoms with Gasteiger partial charge in [0, 0.05) is 38.3 Å². The molecule has 0 spiro atoms. The van der Waals surface area contributed by atoms with E-state index >= 15 is 0 Å². The number of benzene rings is 2. The minimum Gasteiger partial charge on any atom is -0.497 e. The third-order valence-electron chi connectivity index (χ3n) is 5.13. The highest BCUT2D eigenvalue weighted by Crippen LogP contribution is 2.26. The molecular weight excluding hydrogens is 408 g/mol. The predicted molar refractivity (Wildman–Crippen MR) is 111 cm³/mol. The molecule has 8 nitrogen and oxygen atoms in total. The van der Waals surface area contributed by atoms with Crippen LogP contribution in [-0.2, 0) is 21.3 Å². The van der Waals surface area contributed by atoms with Crippen LogP contribution in [0.5, 0.6) is 11.5 Å². The van der Waals surface area contributed by atoms with Crippen molar-refractivity contribution in [2.24, 2.45) is 0 Å². The lowest BCUT2D eigenvalue weighted by atomic mass is 10.1. The van der Waals surface area contributed by atoms with Gasteiger partial charge in [-0.25, -0.2) is 13.2 Å². The highest BCUT2D eigenvalue weighted by molar-refractivity contribution is 7.89. The Labute approximate surface area is 177 Å². The molecule has 0 atom stereocenters. The maximum Gasteiger partial charge on any atom is 0.337 e. The Morgan fingerprint density at radius 2 is 1.60 bits per heavy atom. The standard InChI is InChI=1S/C21H26N2O6S/c1-27-18-6-9-20(28-2)17(14-18)15-22-10-12-23(13-11-22)30(25,26)19-7-4-16(5-8-19)21(24)29-3/h4-9,14H,10-13,15H2,1-3H3. The van der Waals surface area contributed by atoms with Crippen LogP contribution in [0, 0.1) is 0 Å². The van der Waals surface area contributed by atoms with Crippen LogP contribution in [0.2, 0.25) is 0 Å². The van der Waals surface area contributed by atoms with Crippen molar-refractivity contribution >= 4 is 16.0 Å². The van der Waals surface area contributed by atoms with E-state index in [9.17, 15) is 13.2 Å². The fourth-order valence-corrected chi connectivity index (χ4v) is 4.83. The molecule has 0 saturated carbocycles. The van der Waals surface area contributed by atoms with Crippen molar-refractivity contribution in [2.45, 2.75) is 11.4 Å². The number of carbonyl (C=O) groups excluding carboxylic acids is 1. The maximum absolute atomic E-state index is 12.9. The molecule has 1 aliphatic rings. The van der Waals surface area contributed by atoms with Crippen molar-refractivity contribution in [1.82, 2.24) is 9.21 Å². The van der Waals surface area contributed by atoms with Crippen LogP contribution < -0.4 is 9.47 Å². The molecule has 1 aliphatic heterocycles. The second kappa shape index (κ2) is 9.46. The molecule has 0 aromatic heterocycles. The topological polar surface area (TPSA) is 85.4 Å². The molecule has 0 bridgehead atoms. The molecule has 3 rings (SSSR count). The van der Waals surface area contributed by atoms with Gasteiger partial charge < -0.3 is 14.2 Å². The van der Waals surface area contributed by atoms with Crippen molar-refractivity contribution in [1.29, 1.82) is 0 Å². The largest absolute Gasteiger partial charge is 0.497 e. The third kappa shape index (κ3) is 4.75. The van der Waals surface area contributed by atoms with Gasteiger partial charge in [-0.1, -0.05) is 0 Å². The van der Waals surface area contributed by atoms with E-state index in [4.69, 9.17) is 9.47 Å². The number of methoxy groups -OCH3 is 3. The van der Waals surface area contributed by atoms with Crippen LogP contribution in [-0.4, -0.2) is 71.1 Å². The summed E-state index contributed by atoms with van der Waals surface area (Å²) < 4.78 is 42.7. The first kappa shape index (κ1) is 22.1. The molecule has 1 heterocycles. The summed E-state index contributed by atoms with van der Waals surface area (Å²) in [5.41, 5.74) is 1.31. The van der Waals surface area contributed by atoms with Crippen LogP contribution in [0.1, 0.15) is 15.9 Å². The SMILES string of the molecule is COC(=O)c1ccc(S(=O)(=O)N2CCN(Cc3cc(OC)ccc3OC)CC2)cc1. The Bertz CT molecular complexity index is 983. The number of hydrogen-bond acceptors (Lipinski definition) is 7. The summed E-state index contributed by atoms with van der Waals surface area (Å²) >= 11 is 0. The number of ether oxygens (including phenoxy) is 3. The zero-order chi connectivity index (χ0) is 21.7. The van der Waals surface area contributed by atoms with Crippen LogP contribution in [0.4, 0.5) is 0 Å². The summed E-state index contributed by atoms with van der Waals surface area (Å²) in [7, 11) is 0.908. The van der Waals surface area contributed by atoms with Gasteiger partial charge in [-0.15, -0.1) is 0 Å². The van der Waals surface area contributed by atoms with Crippen molar-refractivity contribution < 1.29 is 27.4 Å². The molecule has 30 heavy (non-hydrogen) atoms. The summed E-state index contributed by atoms with van der Waals surface area (Å²) in [5.74, 6) is 1.03. The molecule has 2 aromatic rings. The van der Waals surface area contributed by atoms with Crippen molar-refractivity contribution in [2.75, 3.05) is 47.5 Å². The fraction of sp³-hybridized carbons (Fsp3) is 0.381. The van der Waals surface area contributed by atoms with E-state index in [-0.39, 0.29) is 4.90 Å². The molecule has 1 saturated heterocycles. The molecule has 9 heteroatoms. The Balaban J connectivity index is 1.65. The lowest BCUT2D eigenvalue weighted by Crippen LogP contribution is -2.48.